The van der Waals surface area contributed by atoms with E-state index in [1.165, 1.54) is 0 Å². The molecule has 2 amide bonds. The van der Waals surface area contributed by atoms with Gasteiger partial charge in [-0.2, -0.15) is 0 Å². The molecule has 0 heterocycles. The van der Waals surface area contributed by atoms with Crippen LogP contribution in [0.4, 0.5) is 0 Å². The summed E-state index contributed by atoms with van der Waals surface area (Å²) < 4.78 is 5.12. The van der Waals surface area contributed by atoms with Crippen LogP contribution in [-0.2, 0) is 23.9 Å². The zero-order chi connectivity index (χ0) is 24.0. The first-order valence-electron chi connectivity index (χ1n) is 11.9. The third-order valence-corrected chi connectivity index (χ3v) is 5.11. The van der Waals surface area contributed by atoms with Crippen molar-refractivity contribution < 1.29 is 34.1 Å². The number of carbonyl (C=O) groups excluding carboxylic acids is 2. The van der Waals surface area contributed by atoms with Crippen molar-refractivity contribution in [3.8, 4) is 0 Å². The molecule has 0 radical (unpaired) electrons. The summed E-state index contributed by atoms with van der Waals surface area (Å²) >= 11 is 0. The van der Waals surface area contributed by atoms with Gasteiger partial charge in [-0.25, -0.2) is 4.79 Å². The van der Waals surface area contributed by atoms with E-state index >= 15 is 0 Å². The van der Waals surface area contributed by atoms with E-state index in [9.17, 15) is 24.3 Å². The largest absolute Gasteiger partial charge is 0.481 e. The summed E-state index contributed by atoms with van der Waals surface area (Å²) in [6.07, 6.45) is 10.6. The van der Waals surface area contributed by atoms with Crippen molar-refractivity contribution in [1.29, 1.82) is 0 Å². The molecule has 186 valence electrons. The van der Waals surface area contributed by atoms with Crippen LogP contribution in [0.25, 0.3) is 0 Å². The molecule has 0 saturated heterocycles. The quantitative estimate of drug-likeness (QED) is 0.182. The van der Waals surface area contributed by atoms with Crippen molar-refractivity contribution in [1.82, 2.24) is 10.6 Å². The number of nitrogens with one attached hydrogen (secondary N) is 2. The van der Waals surface area contributed by atoms with E-state index in [2.05, 4.69) is 10.6 Å². The Balaban J connectivity index is 3.72. The highest BCUT2D eigenvalue weighted by atomic mass is 16.5. The lowest BCUT2D eigenvalue weighted by Crippen LogP contribution is -2.41. The minimum atomic E-state index is -1.14. The predicted octanol–water partition coefficient (Wildman–Crippen LogP) is 3.25. The molecular formula is C23H42N2O7. The molecule has 0 fully saturated rings. The maximum Gasteiger partial charge on any atom is 0.326 e. The highest BCUT2D eigenvalue weighted by Gasteiger charge is 2.20. The molecule has 0 aromatic heterocycles. The lowest BCUT2D eigenvalue weighted by molar-refractivity contribution is -0.142. The number of unbranched alkanes of at least 4 members (excludes halogenated alkanes) is 9. The van der Waals surface area contributed by atoms with E-state index in [-0.39, 0.29) is 37.5 Å². The first kappa shape index (κ1) is 29.8. The standard InChI is InChI=1S/C23H42N2O7/c1-2-32-18-17-24-20(26)16-15-19(23(30)31)25-21(27)13-11-9-7-5-3-4-6-8-10-12-14-22(28)29/h19H,2-18H2,1H3,(H,24,26)(H,25,27)(H,28,29)(H,30,31)/t19-/m0/s1. The van der Waals surface area contributed by atoms with Gasteiger partial charge in [-0.15, -0.1) is 0 Å². The number of carboxylic acids is 2. The van der Waals surface area contributed by atoms with E-state index in [1.54, 1.807) is 0 Å². The maximum atomic E-state index is 12.0. The third kappa shape index (κ3) is 19.8. The summed E-state index contributed by atoms with van der Waals surface area (Å²) in [5.41, 5.74) is 0. The zero-order valence-electron chi connectivity index (χ0n) is 19.5. The number of hydrogen-bond acceptors (Lipinski definition) is 5. The fourth-order valence-electron chi connectivity index (χ4n) is 3.27. The Hall–Kier alpha value is -2.16. The van der Waals surface area contributed by atoms with Crippen LogP contribution in [0, 0.1) is 0 Å². The number of carbonyl (C=O) groups is 4. The SMILES string of the molecule is CCOCCNC(=O)CC[C@H](NC(=O)CCCCCCCCCCCCC(=O)O)C(=O)O. The number of hydrogen-bond donors (Lipinski definition) is 4. The van der Waals surface area contributed by atoms with Gasteiger partial charge in [0.2, 0.25) is 11.8 Å². The molecule has 9 nitrogen and oxygen atoms in total. The fourth-order valence-corrected chi connectivity index (χ4v) is 3.27. The third-order valence-electron chi connectivity index (χ3n) is 5.11. The van der Waals surface area contributed by atoms with Gasteiger partial charge in [-0.05, 0) is 26.2 Å². The van der Waals surface area contributed by atoms with Gasteiger partial charge in [0.05, 0.1) is 6.61 Å². The van der Waals surface area contributed by atoms with Crippen LogP contribution < -0.4 is 10.6 Å². The van der Waals surface area contributed by atoms with Crippen molar-refractivity contribution in [2.45, 2.75) is 103 Å². The summed E-state index contributed by atoms with van der Waals surface area (Å²) in [5, 5.41) is 23.0. The Bertz CT molecular complexity index is 540. The van der Waals surface area contributed by atoms with Gasteiger partial charge in [0, 0.05) is 32.4 Å². The van der Waals surface area contributed by atoms with Crippen LogP contribution in [0.5, 0.6) is 0 Å². The van der Waals surface area contributed by atoms with E-state index in [4.69, 9.17) is 9.84 Å². The molecule has 9 heteroatoms. The number of carboxylic acid groups (broad SMARTS) is 2. The molecule has 32 heavy (non-hydrogen) atoms. The average Bonchev–Trinajstić information content (AvgIpc) is 2.74. The molecule has 0 spiro atoms. The van der Waals surface area contributed by atoms with Crippen molar-refractivity contribution in [2.24, 2.45) is 0 Å². The van der Waals surface area contributed by atoms with Crippen LogP contribution >= 0.6 is 0 Å². The molecule has 4 N–H and O–H groups in total. The normalized spacial score (nSPS) is 11.7. The van der Waals surface area contributed by atoms with Gasteiger partial charge in [0.15, 0.2) is 0 Å². The van der Waals surface area contributed by atoms with Gasteiger partial charge in [0.1, 0.15) is 6.04 Å². The second kappa shape index (κ2) is 20.7. The molecule has 0 aliphatic carbocycles. The first-order chi connectivity index (χ1) is 15.4. The van der Waals surface area contributed by atoms with Crippen LogP contribution in [0.15, 0.2) is 0 Å². The molecular weight excluding hydrogens is 416 g/mol. The zero-order valence-corrected chi connectivity index (χ0v) is 19.5. The van der Waals surface area contributed by atoms with Crippen molar-refractivity contribution >= 4 is 23.8 Å². The molecule has 1 atom stereocenters. The molecule has 0 aliphatic rings. The maximum absolute atomic E-state index is 12.0. The second-order valence-corrected chi connectivity index (χ2v) is 7.97. The number of aliphatic carboxylic acids is 2. The monoisotopic (exact) mass is 458 g/mol. The van der Waals surface area contributed by atoms with Gasteiger partial charge >= 0.3 is 11.9 Å². The van der Waals surface area contributed by atoms with Crippen molar-refractivity contribution in [3.05, 3.63) is 0 Å². The van der Waals surface area contributed by atoms with E-state index < -0.39 is 18.0 Å². The number of amides is 2. The summed E-state index contributed by atoms with van der Waals surface area (Å²) in [4.78, 5) is 45.5. The molecule has 0 saturated carbocycles. The highest BCUT2D eigenvalue weighted by Crippen LogP contribution is 2.12. The second-order valence-electron chi connectivity index (χ2n) is 7.97. The molecule has 0 aliphatic heterocycles. The van der Waals surface area contributed by atoms with E-state index in [0.717, 1.165) is 57.8 Å². The van der Waals surface area contributed by atoms with Gasteiger partial charge in [-0.3, -0.25) is 14.4 Å². The fraction of sp³-hybridized carbons (Fsp3) is 0.826. The molecule has 0 rings (SSSR count). The van der Waals surface area contributed by atoms with Crippen molar-refractivity contribution in [3.63, 3.8) is 0 Å². The Morgan fingerprint density at radius 2 is 1.28 bits per heavy atom. The molecule has 0 aromatic rings. The van der Waals surface area contributed by atoms with Crippen LogP contribution in [0.2, 0.25) is 0 Å². The summed E-state index contributed by atoms with van der Waals surface area (Å²) in [7, 11) is 0. The minimum absolute atomic E-state index is 0.0307. The van der Waals surface area contributed by atoms with Crippen LogP contribution in [0.3, 0.4) is 0 Å². The topological polar surface area (TPSA) is 142 Å². The molecule has 0 bridgehead atoms. The number of rotatable bonds is 22. The average molecular weight is 459 g/mol. The van der Waals surface area contributed by atoms with Crippen LogP contribution in [0.1, 0.15) is 96.8 Å². The van der Waals surface area contributed by atoms with Gasteiger partial charge < -0.3 is 25.6 Å². The number of ether oxygens (including phenoxy) is 1. The predicted molar refractivity (Wildman–Crippen MR) is 121 cm³/mol. The Kier molecular flexibility index (Phi) is 19.3. The van der Waals surface area contributed by atoms with E-state index in [1.807, 2.05) is 6.92 Å². The van der Waals surface area contributed by atoms with Crippen molar-refractivity contribution in [2.75, 3.05) is 19.8 Å². The minimum Gasteiger partial charge on any atom is -0.481 e. The lowest BCUT2D eigenvalue weighted by Gasteiger charge is -2.14. The van der Waals surface area contributed by atoms with Crippen LogP contribution in [-0.4, -0.2) is 59.8 Å². The molecule has 0 unspecified atom stereocenters. The first-order valence-corrected chi connectivity index (χ1v) is 11.9. The summed E-state index contributed by atoms with van der Waals surface area (Å²) in [6, 6.07) is -1.06. The Morgan fingerprint density at radius 1 is 0.750 bits per heavy atom. The van der Waals surface area contributed by atoms with Gasteiger partial charge in [-0.1, -0.05) is 51.4 Å². The highest BCUT2D eigenvalue weighted by molar-refractivity contribution is 5.84. The van der Waals surface area contributed by atoms with E-state index in [0.29, 0.717) is 26.2 Å². The summed E-state index contributed by atoms with van der Waals surface area (Å²) in [5.74, 6) is -2.42. The smallest absolute Gasteiger partial charge is 0.326 e. The lowest BCUT2D eigenvalue weighted by atomic mass is 10.0. The Labute approximate surface area is 191 Å². The van der Waals surface area contributed by atoms with Gasteiger partial charge in [0.25, 0.3) is 0 Å². The molecule has 0 aromatic carbocycles. The summed E-state index contributed by atoms with van der Waals surface area (Å²) in [6.45, 7) is 3.22. The Morgan fingerprint density at radius 3 is 1.78 bits per heavy atom.